The lowest BCUT2D eigenvalue weighted by atomic mass is 10.2. The van der Waals surface area contributed by atoms with Gasteiger partial charge in [0.05, 0.1) is 30.8 Å². The molecule has 0 aliphatic heterocycles. The fourth-order valence-corrected chi connectivity index (χ4v) is 2.69. The first-order valence-corrected chi connectivity index (χ1v) is 9.45. The van der Waals surface area contributed by atoms with E-state index in [1.165, 1.54) is 0 Å². The van der Waals surface area contributed by atoms with E-state index in [1.807, 2.05) is 62.4 Å². The van der Waals surface area contributed by atoms with E-state index in [9.17, 15) is 4.79 Å². The van der Waals surface area contributed by atoms with Crippen molar-refractivity contribution in [1.82, 2.24) is 4.98 Å². The molecule has 150 valence electrons. The summed E-state index contributed by atoms with van der Waals surface area (Å²) in [6, 6.07) is 18.7. The van der Waals surface area contributed by atoms with Gasteiger partial charge in [0.2, 0.25) is 0 Å². The summed E-state index contributed by atoms with van der Waals surface area (Å²) in [6.45, 7) is 4.53. The Labute approximate surface area is 170 Å². The van der Waals surface area contributed by atoms with Gasteiger partial charge in [0.25, 0.3) is 5.91 Å². The van der Waals surface area contributed by atoms with Crippen molar-refractivity contribution in [3.8, 4) is 11.5 Å². The monoisotopic (exact) mass is 391 g/mol. The molecule has 2 aromatic carbocycles. The maximum Gasteiger partial charge on any atom is 0.274 e. The van der Waals surface area contributed by atoms with Crippen LogP contribution in [0, 0.1) is 0 Å². The Hall–Kier alpha value is -3.54. The molecule has 0 spiro atoms. The van der Waals surface area contributed by atoms with E-state index in [-0.39, 0.29) is 12.0 Å². The molecule has 0 radical (unpaired) electrons. The van der Waals surface area contributed by atoms with Crippen molar-refractivity contribution in [2.75, 3.05) is 17.7 Å². The number of anilines is 2. The molecule has 3 rings (SSSR count). The Morgan fingerprint density at radius 2 is 1.79 bits per heavy atom. The van der Waals surface area contributed by atoms with Gasteiger partial charge in [0.15, 0.2) is 0 Å². The maximum atomic E-state index is 12.5. The zero-order valence-electron chi connectivity index (χ0n) is 16.8. The molecule has 3 aromatic rings. The fourth-order valence-electron chi connectivity index (χ4n) is 2.69. The minimum Gasteiger partial charge on any atom is -0.497 e. The normalized spacial score (nSPS) is 10.5. The second-order valence-corrected chi connectivity index (χ2v) is 6.75. The third-order valence-corrected chi connectivity index (χ3v) is 4.15. The van der Waals surface area contributed by atoms with E-state index in [4.69, 9.17) is 9.47 Å². The number of carbonyl (C=O) groups excluding carboxylic acids is 1. The van der Waals surface area contributed by atoms with E-state index in [0.717, 1.165) is 17.0 Å². The van der Waals surface area contributed by atoms with Crippen molar-refractivity contribution < 1.29 is 14.3 Å². The molecule has 1 aromatic heterocycles. The first-order chi connectivity index (χ1) is 14.0. The number of benzene rings is 2. The molecule has 0 aliphatic rings. The smallest absolute Gasteiger partial charge is 0.274 e. The molecule has 0 fully saturated rings. The number of hydrogen-bond donors (Lipinski definition) is 2. The minimum atomic E-state index is -0.286. The highest BCUT2D eigenvalue weighted by Gasteiger charge is 2.12. The van der Waals surface area contributed by atoms with Crippen LogP contribution in [0.2, 0.25) is 0 Å². The third kappa shape index (κ3) is 5.72. The van der Waals surface area contributed by atoms with E-state index >= 15 is 0 Å². The van der Waals surface area contributed by atoms with Gasteiger partial charge in [-0.05, 0) is 55.8 Å². The number of hydrogen-bond acceptors (Lipinski definition) is 5. The second kappa shape index (κ2) is 9.59. The van der Waals surface area contributed by atoms with Crippen LogP contribution in [0.4, 0.5) is 11.4 Å². The van der Waals surface area contributed by atoms with Gasteiger partial charge in [0, 0.05) is 6.54 Å². The molecule has 2 N–H and O–H groups in total. The Bertz CT molecular complexity index is 938. The van der Waals surface area contributed by atoms with Crippen LogP contribution < -0.4 is 20.1 Å². The molecule has 0 unspecified atom stereocenters. The Morgan fingerprint density at radius 3 is 2.45 bits per heavy atom. The van der Waals surface area contributed by atoms with E-state index < -0.39 is 0 Å². The number of pyridine rings is 1. The topological polar surface area (TPSA) is 72.5 Å². The molecule has 29 heavy (non-hydrogen) atoms. The SMILES string of the molecule is COc1ccc(CNc2ccc(C(=O)Nc3ccccc3OC(C)C)nc2)cc1. The highest BCUT2D eigenvalue weighted by molar-refractivity contribution is 6.03. The minimum absolute atomic E-state index is 0.0160. The summed E-state index contributed by atoms with van der Waals surface area (Å²) in [4.78, 5) is 16.8. The van der Waals surface area contributed by atoms with Gasteiger partial charge < -0.3 is 20.1 Å². The lowest BCUT2D eigenvalue weighted by Crippen LogP contribution is -2.15. The van der Waals surface area contributed by atoms with E-state index in [0.29, 0.717) is 23.7 Å². The zero-order chi connectivity index (χ0) is 20.6. The Morgan fingerprint density at radius 1 is 1.03 bits per heavy atom. The van der Waals surface area contributed by atoms with Crippen LogP contribution in [0.15, 0.2) is 66.9 Å². The van der Waals surface area contributed by atoms with Crippen LogP contribution in [-0.2, 0) is 6.54 Å². The number of nitrogens with one attached hydrogen (secondary N) is 2. The second-order valence-electron chi connectivity index (χ2n) is 6.75. The standard InChI is InChI=1S/C23H25N3O3/c1-16(2)29-22-7-5-4-6-20(22)26-23(27)21-13-10-18(15-25-21)24-14-17-8-11-19(28-3)12-9-17/h4-13,15-16,24H,14H2,1-3H3,(H,26,27). The number of rotatable bonds is 8. The van der Waals surface area contributed by atoms with Crippen LogP contribution in [0.1, 0.15) is 29.9 Å². The maximum absolute atomic E-state index is 12.5. The van der Waals surface area contributed by atoms with Gasteiger partial charge in [-0.3, -0.25) is 4.79 Å². The molecule has 6 heteroatoms. The highest BCUT2D eigenvalue weighted by Crippen LogP contribution is 2.25. The summed E-state index contributed by atoms with van der Waals surface area (Å²) in [5.41, 5.74) is 2.91. The molecule has 6 nitrogen and oxygen atoms in total. The molecule has 0 bridgehead atoms. The van der Waals surface area contributed by atoms with Gasteiger partial charge in [-0.15, -0.1) is 0 Å². The van der Waals surface area contributed by atoms with Crippen LogP contribution in [0.3, 0.4) is 0 Å². The number of nitrogens with zero attached hydrogens (tertiary/aromatic N) is 1. The van der Waals surface area contributed by atoms with Crippen LogP contribution in [0.5, 0.6) is 11.5 Å². The quantitative estimate of drug-likeness (QED) is 0.580. The Kier molecular flexibility index (Phi) is 6.68. The number of amides is 1. The van der Waals surface area contributed by atoms with Gasteiger partial charge in [-0.2, -0.15) is 0 Å². The lowest BCUT2D eigenvalue weighted by molar-refractivity contribution is 0.102. The molecular formula is C23H25N3O3. The van der Waals surface area contributed by atoms with E-state index in [1.54, 1.807) is 25.4 Å². The molecule has 0 aliphatic carbocycles. The number of ether oxygens (including phenoxy) is 2. The average molecular weight is 391 g/mol. The van der Waals surface area contributed by atoms with Crippen molar-refractivity contribution in [2.24, 2.45) is 0 Å². The van der Waals surface area contributed by atoms with Crippen molar-refractivity contribution in [2.45, 2.75) is 26.5 Å². The average Bonchev–Trinajstić information content (AvgIpc) is 2.74. The van der Waals surface area contributed by atoms with Gasteiger partial charge >= 0.3 is 0 Å². The molecule has 0 saturated heterocycles. The first-order valence-electron chi connectivity index (χ1n) is 9.45. The molecule has 1 heterocycles. The van der Waals surface area contributed by atoms with Crippen LogP contribution >= 0.6 is 0 Å². The molecule has 0 atom stereocenters. The van der Waals surface area contributed by atoms with Gasteiger partial charge in [-0.25, -0.2) is 4.98 Å². The van der Waals surface area contributed by atoms with Crippen molar-refractivity contribution in [1.29, 1.82) is 0 Å². The molecule has 0 saturated carbocycles. The van der Waals surface area contributed by atoms with Crippen molar-refractivity contribution in [3.63, 3.8) is 0 Å². The number of methoxy groups -OCH3 is 1. The number of aromatic nitrogens is 1. The molecule has 1 amide bonds. The summed E-state index contributed by atoms with van der Waals surface area (Å²) in [5, 5.41) is 6.15. The first kappa shape index (κ1) is 20.2. The van der Waals surface area contributed by atoms with E-state index in [2.05, 4.69) is 15.6 Å². The van der Waals surface area contributed by atoms with Crippen LogP contribution in [0.25, 0.3) is 0 Å². The number of para-hydroxylation sites is 2. The summed E-state index contributed by atoms with van der Waals surface area (Å²) in [5.74, 6) is 1.17. The summed E-state index contributed by atoms with van der Waals surface area (Å²) in [6.07, 6.45) is 1.66. The third-order valence-electron chi connectivity index (χ3n) is 4.15. The lowest BCUT2D eigenvalue weighted by Gasteiger charge is -2.14. The summed E-state index contributed by atoms with van der Waals surface area (Å²) >= 11 is 0. The predicted molar refractivity (Wildman–Crippen MR) is 115 cm³/mol. The van der Waals surface area contributed by atoms with Gasteiger partial charge in [0.1, 0.15) is 17.2 Å². The summed E-state index contributed by atoms with van der Waals surface area (Å²) in [7, 11) is 1.65. The summed E-state index contributed by atoms with van der Waals surface area (Å²) < 4.78 is 10.9. The highest BCUT2D eigenvalue weighted by atomic mass is 16.5. The predicted octanol–water partition coefficient (Wildman–Crippen LogP) is 4.74. The zero-order valence-corrected chi connectivity index (χ0v) is 16.8. The number of carbonyl (C=O) groups is 1. The van der Waals surface area contributed by atoms with Crippen molar-refractivity contribution >= 4 is 17.3 Å². The Balaban J connectivity index is 1.60. The fraction of sp³-hybridized carbons (Fsp3) is 0.217. The molecular weight excluding hydrogens is 366 g/mol. The largest absolute Gasteiger partial charge is 0.497 e. The van der Waals surface area contributed by atoms with Gasteiger partial charge in [-0.1, -0.05) is 24.3 Å². The van der Waals surface area contributed by atoms with Crippen LogP contribution in [-0.4, -0.2) is 24.1 Å². The van der Waals surface area contributed by atoms with Crippen molar-refractivity contribution in [3.05, 3.63) is 78.1 Å².